The molecule has 0 unspecified atom stereocenters. The summed E-state index contributed by atoms with van der Waals surface area (Å²) in [6.07, 6.45) is 0.979. The molecule has 1 N–H and O–H groups in total. The average Bonchev–Trinajstić information content (AvgIpc) is 3.14. The van der Waals surface area contributed by atoms with E-state index in [1.807, 2.05) is 53.9 Å². The molecule has 3 aromatic rings. The summed E-state index contributed by atoms with van der Waals surface area (Å²) in [6.45, 7) is 2.79. The number of carbonyl (C=O) groups is 1. The fraction of sp³-hybridized carbons (Fsp3) is 0.200. The molecule has 2 aromatic carbocycles. The van der Waals surface area contributed by atoms with Crippen LogP contribution in [0.4, 0.5) is 5.13 Å². The first kappa shape index (κ1) is 19.7. The van der Waals surface area contributed by atoms with E-state index in [2.05, 4.69) is 17.2 Å². The van der Waals surface area contributed by atoms with Crippen molar-refractivity contribution in [3.63, 3.8) is 0 Å². The minimum atomic E-state index is -0.0841. The lowest BCUT2D eigenvalue weighted by Gasteiger charge is -2.04. The summed E-state index contributed by atoms with van der Waals surface area (Å²) in [6, 6.07) is 15.2. The quantitative estimate of drug-likeness (QED) is 0.457. The Morgan fingerprint density at radius 3 is 2.63 bits per heavy atom. The van der Waals surface area contributed by atoms with Crippen LogP contribution >= 0.6 is 34.7 Å². The first-order valence-electron chi connectivity index (χ1n) is 8.51. The van der Waals surface area contributed by atoms with Gasteiger partial charge in [0.15, 0.2) is 5.13 Å². The largest absolute Gasteiger partial charge is 0.494 e. The molecule has 0 aliphatic carbocycles. The van der Waals surface area contributed by atoms with Crippen molar-refractivity contribution in [3.05, 3.63) is 58.9 Å². The van der Waals surface area contributed by atoms with Crippen LogP contribution in [0.15, 0.2) is 58.8 Å². The molecule has 0 aliphatic rings. The molecule has 0 radical (unpaired) electrons. The molecule has 140 valence electrons. The Hall–Kier alpha value is -2.02. The zero-order valence-corrected chi connectivity index (χ0v) is 17.2. The Kier molecular flexibility index (Phi) is 7.15. The lowest BCUT2D eigenvalue weighted by atomic mass is 10.2. The number of benzene rings is 2. The number of rotatable bonds is 8. The third kappa shape index (κ3) is 5.99. The topological polar surface area (TPSA) is 51.2 Å². The summed E-state index contributed by atoms with van der Waals surface area (Å²) in [5.41, 5.74) is 1.83. The zero-order valence-electron chi connectivity index (χ0n) is 14.8. The van der Waals surface area contributed by atoms with Crippen molar-refractivity contribution in [2.24, 2.45) is 0 Å². The molecule has 0 aliphatic heterocycles. The molecule has 0 fully saturated rings. The van der Waals surface area contributed by atoms with Gasteiger partial charge < -0.3 is 10.1 Å². The van der Waals surface area contributed by atoms with Crippen molar-refractivity contribution in [1.82, 2.24) is 4.98 Å². The third-order valence-corrected chi connectivity index (χ3v) is 5.58. The Morgan fingerprint density at radius 2 is 1.93 bits per heavy atom. The van der Waals surface area contributed by atoms with Crippen LogP contribution in [-0.4, -0.2) is 23.3 Å². The zero-order chi connectivity index (χ0) is 19.1. The molecule has 1 heterocycles. The number of hydrogen-bond donors (Lipinski definition) is 1. The molecular weight excluding hydrogens is 400 g/mol. The second-order valence-electron chi connectivity index (χ2n) is 5.70. The van der Waals surface area contributed by atoms with Gasteiger partial charge in [-0.05, 0) is 55.0 Å². The van der Waals surface area contributed by atoms with Gasteiger partial charge in [0, 0.05) is 20.9 Å². The lowest BCUT2D eigenvalue weighted by Crippen LogP contribution is -2.13. The van der Waals surface area contributed by atoms with Crippen LogP contribution in [0.25, 0.3) is 11.3 Å². The molecule has 1 amide bonds. The highest BCUT2D eigenvalue weighted by atomic mass is 35.5. The van der Waals surface area contributed by atoms with E-state index in [1.54, 1.807) is 0 Å². The summed E-state index contributed by atoms with van der Waals surface area (Å²) >= 11 is 8.74. The van der Waals surface area contributed by atoms with Crippen LogP contribution in [0, 0.1) is 0 Å². The highest BCUT2D eigenvalue weighted by molar-refractivity contribution is 8.00. The van der Waals surface area contributed by atoms with Crippen molar-refractivity contribution in [3.8, 4) is 17.0 Å². The number of thioether (sulfide) groups is 1. The van der Waals surface area contributed by atoms with Crippen molar-refractivity contribution in [1.29, 1.82) is 0 Å². The Labute approximate surface area is 171 Å². The summed E-state index contributed by atoms with van der Waals surface area (Å²) < 4.78 is 5.59. The molecular formula is C20H19ClN2O2S2. The number of nitrogens with zero attached hydrogens (tertiary/aromatic N) is 1. The van der Waals surface area contributed by atoms with Crippen LogP contribution in [-0.2, 0) is 4.79 Å². The predicted molar refractivity (Wildman–Crippen MR) is 114 cm³/mol. The van der Waals surface area contributed by atoms with Gasteiger partial charge in [-0.15, -0.1) is 23.1 Å². The maximum Gasteiger partial charge on any atom is 0.236 e. The second kappa shape index (κ2) is 9.78. The summed E-state index contributed by atoms with van der Waals surface area (Å²) in [5.74, 6) is 1.09. The number of amides is 1. The van der Waals surface area contributed by atoms with Crippen molar-refractivity contribution >= 4 is 45.7 Å². The SMILES string of the molecule is CCCOc1ccc(-c2csc(NC(=O)CSc3ccc(Cl)cc3)n2)cc1. The molecule has 3 rings (SSSR count). The lowest BCUT2D eigenvalue weighted by molar-refractivity contribution is -0.113. The van der Waals surface area contributed by atoms with E-state index in [1.165, 1.54) is 23.1 Å². The fourth-order valence-corrected chi connectivity index (χ4v) is 3.80. The van der Waals surface area contributed by atoms with Gasteiger partial charge in [-0.2, -0.15) is 0 Å². The predicted octanol–water partition coefficient (Wildman–Crippen LogP) is 5.98. The van der Waals surface area contributed by atoms with Crippen LogP contribution in [0.2, 0.25) is 5.02 Å². The number of ether oxygens (including phenoxy) is 1. The van der Waals surface area contributed by atoms with E-state index in [9.17, 15) is 4.79 Å². The minimum Gasteiger partial charge on any atom is -0.494 e. The Bertz CT molecular complexity index is 880. The standard InChI is InChI=1S/C20H19ClN2O2S2/c1-2-11-25-16-7-3-14(4-8-16)18-12-27-20(22-18)23-19(24)13-26-17-9-5-15(21)6-10-17/h3-10,12H,2,11,13H2,1H3,(H,22,23,24). The first-order valence-corrected chi connectivity index (χ1v) is 10.8. The number of thiazole rings is 1. The van der Waals surface area contributed by atoms with E-state index in [-0.39, 0.29) is 5.91 Å². The second-order valence-corrected chi connectivity index (χ2v) is 8.04. The number of carbonyl (C=O) groups excluding carboxylic acids is 1. The van der Waals surface area contributed by atoms with E-state index in [0.717, 1.165) is 28.3 Å². The van der Waals surface area contributed by atoms with Crippen LogP contribution < -0.4 is 10.1 Å². The molecule has 0 bridgehead atoms. The number of anilines is 1. The molecule has 1 aromatic heterocycles. The van der Waals surface area contributed by atoms with Crippen LogP contribution in [0.5, 0.6) is 5.75 Å². The normalized spacial score (nSPS) is 10.6. The van der Waals surface area contributed by atoms with Gasteiger partial charge in [0.25, 0.3) is 0 Å². The highest BCUT2D eigenvalue weighted by Crippen LogP contribution is 2.27. The molecule has 0 atom stereocenters. The number of hydrogen-bond acceptors (Lipinski definition) is 5. The first-order chi connectivity index (χ1) is 13.1. The van der Waals surface area contributed by atoms with Crippen LogP contribution in [0.3, 0.4) is 0 Å². The summed E-state index contributed by atoms with van der Waals surface area (Å²) in [7, 11) is 0. The average molecular weight is 419 g/mol. The molecule has 27 heavy (non-hydrogen) atoms. The van der Waals surface area contributed by atoms with Gasteiger partial charge in [-0.3, -0.25) is 4.79 Å². The monoisotopic (exact) mass is 418 g/mol. The van der Waals surface area contributed by atoms with E-state index >= 15 is 0 Å². The maximum atomic E-state index is 12.1. The van der Waals surface area contributed by atoms with Crippen LogP contribution in [0.1, 0.15) is 13.3 Å². The molecule has 0 saturated carbocycles. The fourth-order valence-electron chi connectivity index (χ4n) is 2.24. The smallest absolute Gasteiger partial charge is 0.236 e. The van der Waals surface area contributed by atoms with Gasteiger partial charge in [0.2, 0.25) is 5.91 Å². The van der Waals surface area contributed by atoms with E-state index < -0.39 is 0 Å². The summed E-state index contributed by atoms with van der Waals surface area (Å²) in [5, 5.41) is 6.06. The van der Waals surface area contributed by atoms with Gasteiger partial charge in [-0.1, -0.05) is 18.5 Å². The maximum absolute atomic E-state index is 12.1. The summed E-state index contributed by atoms with van der Waals surface area (Å²) in [4.78, 5) is 17.6. The molecule has 7 heteroatoms. The third-order valence-electron chi connectivity index (χ3n) is 3.56. The van der Waals surface area contributed by atoms with Crippen molar-refractivity contribution in [2.75, 3.05) is 17.7 Å². The van der Waals surface area contributed by atoms with Crippen molar-refractivity contribution in [2.45, 2.75) is 18.2 Å². The van der Waals surface area contributed by atoms with E-state index in [4.69, 9.17) is 16.3 Å². The number of aromatic nitrogens is 1. The van der Waals surface area contributed by atoms with Gasteiger partial charge in [0.05, 0.1) is 18.1 Å². The molecule has 0 saturated heterocycles. The Morgan fingerprint density at radius 1 is 1.19 bits per heavy atom. The number of nitrogens with one attached hydrogen (secondary N) is 1. The number of halogens is 1. The van der Waals surface area contributed by atoms with Gasteiger partial charge in [-0.25, -0.2) is 4.98 Å². The van der Waals surface area contributed by atoms with Crippen molar-refractivity contribution < 1.29 is 9.53 Å². The van der Waals surface area contributed by atoms with Gasteiger partial charge >= 0.3 is 0 Å². The Balaban J connectivity index is 1.54. The highest BCUT2D eigenvalue weighted by Gasteiger charge is 2.09. The minimum absolute atomic E-state index is 0.0841. The van der Waals surface area contributed by atoms with Gasteiger partial charge in [0.1, 0.15) is 5.75 Å². The van der Waals surface area contributed by atoms with E-state index in [0.29, 0.717) is 22.5 Å². The molecule has 0 spiro atoms. The molecule has 4 nitrogen and oxygen atoms in total.